The van der Waals surface area contributed by atoms with Gasteiger partial charge in [-0.2, -0.15) is 0 Å². The van der Waals surface area contributed by atoms with E-state index in [9.17, 15) is 13.6 Å². The summed E-state index contributed by atoms with van der Waals surface area (Å²) < 4.78 is 30.2. The topological polar surface area (TPSA) is 39.2 Å². The highest BCUT2D eigenvalue weighted by molar-refractivity contribution is 14.1. The van der Waals surface area contributed by atoms with Gasteiger partial charge >= 0.3 is 5.97 Å². The van der Waals surface area contributed by atoms with Gasteiger partial charge in [0.2, 0.25) is 0 Å². The Morgan fingerprint density at radius 2 is 2.25 bits per heavy atom. The van der Waals surface area contributed by atoms with Crippen LogP contribution in [0.3, 0.4) is 0 Å². The van der Waals surface area contributed by atoms with E-state index in [2.05, 4.69) is 4.98 Å². The molecule has 0 aliphatic heterocycles. The Bertz CT molecular complexity index is 385. The van der Waals surface area contributed by atoms with Crippen molar-refractivity contribution in [1.29, 1.82) is 0 Å². The third-order valence-electron chi connectivity index (χ3n) is 1.78. The molecule has 1 aromatic rings. The number of hydrogen-bond donors (Lipinski definition) is 0. The fourth-order valence-corrected chi connectivity index (χ4v) is 1.59. The van der Waals surface area contributed by atoms with Gasteiger partial charge < -0.3 is 4.74 Å². The number of carbonyl (C=O) groups excluding carboxylic acids is 1. The molecule has 1 aromatic heterocycles. The Morgan fingerprint density at radius 3 is 2.81 bits per heavy atom. The number of pyridine rings is 1. The van der Waals surface area contributed by atoms with Crippen molar-refractivity contribution in [2.45, 2.75) is 19.8 Å². The van der Waals surface area contributed by atoms with Gasteiger partial charge in [0.05, 0.1) is 18.7 Å². The van der Waals surface area contributed by atoms with E-state index in [-0.39, 0.29) is 18.7 Å². The van der Waals surface area contributed by atoms with E-state index in [1.54, 1.807) is 6.92 Å². The third kappa shape index (κ3) is 3.66. The maximum atomic E-state index is 12.4. The Morgan fingerprint density at radius 1 is 1.56 bits per heavy atom. The lowest BCUT2D eigenvalue weighted by Gasteiger charge is -2.06. The Balaban J connectivity index is 2.86. The zero-order chi connectivity index (χ0) is 12.1. The molecular formula is C10H10F2INO2. The minimum absolute atomic E-state index is 0.0767. The van der Waals surface area contributed by atoms with E-state index in [0.29, 0.717) is 9.26 Å². The molecule has 1 rings (SSSR count). The summed E-state index contributed by atoms with van der Waals surface area (Å²) in [4.78, 5) is 14.9. The molecule has 0 saturated carbocycles. The summed E-state index contributed by atoms with van der Waals surface area (Å²) in [6.07, 6.45) is -2.70. The van der Waals surface area contributed by atoms with Gasteiger partial charge in [-0.25, -0.2) is 8.78 Å². The number of ether oxygens (including phenoxy) is 1. The molecule has 0 radical (unpaired) electrons. The smallest absolute Gasteiger partial charge is 0.311 e. The van der Waals surface area contributed by atoms with Crippen molar-refractivity contribution >= 4 is 28.6 Å². The summed E-state index contributed by atoms with van der Waals surface area (Å²) in [6, 6.07) is 2.77. The van der Waals surface area contributed by atoms with Crippen LogP contribution >= 0.6 is 22.6 Å². The van der Waals surface area contributed by atoms with Crippen molar-refractivity contribution in [2.75, 3.05) is 6.61 Å². The maximum Gasteiger partial charge on any atom is 0.311 e. The fourth-order valence-electron chi connectivity index (χ4n) is 1.10. The van der Waals surface area contributed by atoms with E-state index in [1.807, 2.05) is 22.6 Å². The minimum Gasteiger partial charge on any atom is -0.466 e. The molecule has 16 heavy (non-hydrogen) atoms. The average Bonchev–Trinajstić information content (AvgIpc) is 2.21. The van der Waals surface area contributed by atoms with Crippen molar-refractivity contribution in [3.63, 3.8) is 0 Å². The molecule has 0 atom stereocenters. The van der Waals surface area contributed by atoms with Crippen LogP contribution in [0, 0.1) is 3.57 Å². The SMILES string of the molecule is CCOC(=O)Cc1nc(C(F)F)ccc1I. The Kier molecular flexibility index (Phi) is 5.04. The van der Waals surface area contributed by atoms with Gasteiger partial charge in [0.1, 0.15) is 5.69 Å². The highest BCUT2D eigenvalue weighted by Crippen LogP contribution is 2.19. The minimum atomic E-state index is -2.63. The molecule has 0 N–H and O–H groups in total. The van der Waals surface area contributed by atoms with Crippen LogP contribution < -0.4 is 0 Å². The molecule has 3 nitrogen and oxygen atoms in total. The molecular weight excluding hydrogens is 331 g/mol. The summed E-state index contributed by atoms with van der Waals surface area (Å²) in [6.45, 7) is 1.95. The van der Waals surface area contributed by atoms with Crippen LogP contribution in [0.5, 0.6) is 0 Å². The van der Waals surface area contributed by atoms with Gasteiger partial charge in [0.25, 0.3) is 6.43 Å². The maximum absolute atomic E-state index is 12.4. The summed E-state index contributed by atoms with van der Waals surface area (Å²) in [7, 11) is 0. The number of carbonyl (C=O) groups is 1. The van der Waals surface area contributed by atoms with Gasteiger partial charge in [0, 0.05) is 3.57 Å². The summed E-state index contributed by atoms with van der Waals surface area (Å²) >= 11 is 1.95. The monoisotopic (exact) mass is 341 g/mol. The van der Waals surface area contributed by atoms with E-state index < -0.39 is 12.4 Å². The summed E-state index contributed by atoms with van der Waals surface area (Å²) in [5.41, 5.74) is 0.0107. The van der Waals surface area contributed by atoms with Gasteiger partial charge in [-0.1, -0.05) is 0 Å². The van der Waals surface area contributed by atoms with E-state index >= 15 is 0 Å². The molecule has 0 aliphatic rings. The molecule has 0 fully saturated rings. The lowest BCUT2D eigenvalue weighted by atomic mass is 10.2. The normalized spacial score (nSPS) is 10.6. The highest BCUT2D eigenvalue weighted by Gasteiger charge is 2.14. The zero-order valence-electron chi connectivity index (χ0n) is 8.54. The van der Waals surface area contributed by atoms with Gasteiger partial charge in [0.15, 0.2) is 0 Å². The fraction of sp³-hybridized carbons (Fsp3) is 0.400. The van der Waals surface area contributed by atoms with Gasteiger partial charge in [-0.15, -0.1) is 0 Å². The summed E-state index contributed by atoms with van der Waals surface area (Å²) in [5.74, 6) is -0.459. The zero-order valence-corrected chi connectivity index (χ0v) is 10.7. The second-order valence-electron chi connectivity index (χ2n) is 2.95. The molecule has 0 saturated heterocycles. The quantitative estimate of drug-likeness (QED) is 0.625. The van der Waals surface area contributed by atoms with Crippen molar-refractivity contribution < 1.29 is 18.3 Å². The molecule has 6 heteroatoms. The predicted octanol–water partition coefficient (Wildman–Crippen LogP) is 2.73. The molecule has 0 bridgehead atoms. The lowest BCUT2D eigenvalue weighted by Crippen LogP contribution is -2.11. The number of alkyl halides is 2. The van der Waals surface area contributed by atoms with Crippen LogP contribution in [0.25, 0.3) is 0 Å². The molecule has 0 aliphatic carbocycles. The second-order valence-corrected chi connectivity index (χ2v) is 4.11. The molecule has 88 valence electrons. The highest BCUT2D eigenvalue weighted by atomic mass is 127. The number of esters is 1. The number of nitrogens with zero attached hydrogens (tertiary/aromatic N) is 1. The molecule has 0 spiro atoms. The van der Waals surface area contributed by atoms with Crippen molar-refractivity contribution in [3.05, 3.63) is 27.1 Å². The molecule has 0 unspecified atom stereocenters. The van der Waals surface area contributed by atoms with Crippen LogP contribution in [0.4, 0.5) is 8.78 Å². The van der Waals surface area contributed by atoms with Crippen LogP contribution in [0.1, 0.15) is 24.7 Å². The first-order valence-electron chi connectivity index (χ1n) is 4.63. The van der Waals surface area contributed by atoms with E-state index in [4.69, 9.17) is 4.74 Å². The largest absolute Gasteiger partial charge is 0.466 e. The standard InChI is InChI=1S/C10H10F2INO2/c1-2-16-9(15)5-8-6(13)3-4-7(14-8)10(11)12/h3-4,10H,2,5H2,1H3. The Labute approximate surface area is 105 Å². The number of rotatable bonds is 4. The number of aromatic nitrogens is 1. The molecule has 0 aromatic carbocycles. The van der Waals surface area contributed by atoms with Crippen LogP contribution in [-0.2, 0) is 16.0 Å². The third-order valence-corrected chi connectivity index (χ3v) is 2.76. The average molecular weight is 341 g/mol. The van der Waals surface area contributed by atoms with E-state index in [1.165, 1.54) is 12.1 Å². The lowest BCUT2D eigenvalue weighted by molar-refractivity contribution is -0.142. The van der Waals surface area contributed by atoms with Crippen molar-refractivity contribution in [2.24, 2.45) is 0 Å². The second kappa shape index (κ2) is 6.07. The van der Waals surface area contributed by atoms with Crippen molar-refractivity contribution in [3.8, 4) is 0 Å². The first-order chi connectivity index (χ1) is 7.54. The number of halogens is 3. The summed E-state index contributed by atoms with van der Waals surface area (Å²) in [5, 5.41) is 0. The van der Waals surface area contributed by atoms with Crippen molar-refractivity contribution in [1.82, 2.24) is 4.98 Å². The Hall–Kier alpha value is -0.790. The first-order valence-corrected chi connectivity index (χ1v) is 5.71. The van der Waals surface area contributed by atoms with Gasteiger partial charge in [-0.05, 0) is 41.6 Å². The van der Waals surface area contributed by atoms with Crippen LogP contribution in [-0.4, -0.2) is 17.6 Å². The van der Waals surface area contributed by atoms with Gasteiger partial charge in [-0.3, -0.25) is 9.78 Å². The first kappa shape index (κ1) is 13.3. The van der Waals surface area contributed by atoms with Crippen LogP contribution in [0.15, 0.2) is 12.1 Å². The molecule has 1 heterocycles. The van der Waals surface area contributed by atoms with Crippen LogP contribution in [0.2, 0.25) is 0 Å². The van der Waals surface area contributed by atoms with E-state index in [0.717, 1.165) is 0 Å². The predicted molar refractivity (Wildman–Crippen MR) is 62.2 cm³/mol. The number of hydrogen-bond acceptors (Lipinski definition) is 3. The molecule has 0 amide bonds.